The van der Waals surface area contributed by atoms with Crippen LogP contribution >= 0.6 is 0 Å². The quantitative estimate of drug-likeness (QED) is 0.794. The maximum absolute atomic E-state index is 12.1. The maximum Gasteiger partial charge on any atom is 0.251 e. The third-order valence-electron chi connectivity index (χ3n) is 4.04. The number of aryl methyl sites for hydroxylation is 2. The van der Waals surface area contributed by atoms with Crippen LogP contribution in [0.5, 0.6) is 0 Å². The first-order valence-corrected chi connectivity index (χ1v) is 8.24. The summed E-state index contributed by atoms with van der Waals surface area (Å²) in [5, 5.41) is 10.1. The molecule has 0 bridgehead atoms. The fourth-order valence-corrected chi connectivity index (χ4v) is 2.60. The molecule has 6 nitrogen and oxygen atoms in total. The molecule has 0 saturated heterocycles. The predicted octanol–water partition coefficient (Wildman–Crippen LogP) is 1.75. The SMILES string of the molecule is Cc1cc(C)n(-c2ccc(C(=O)NCCNC(=O)C3CC3)cc2)n1. The number of nitrogens with zero attached hydrogens (tertiary/aromatic N) is 2. The normalized spacial score (nSPS) is 13.6. The molecule has 0 radical (unpaired) electrons. The number of rotatable bonds is 6. The van der Waals surface area contributed by atoms with Gasteiger partial charge in [-0.25, -0.2) is 4.68 Å². The minimum Gasteiger partial charge on any atom is -0.354 e. The minimum absolute atomic E-state index is 0.0958. The smallest absolute Gasteiger partial charge is 0.251 e. The molecular weight excluding hydrogens is 304 g/mol. The highest BCUT2D eigenvalue weighted by atomic mass is 16.2. The molecule has 1 heterocycles. The fraction of sp³-hybridized carbons (Fsp3) is 0.389. The number of benzene rings is 1. The zero-order chi connectivity index (χ0) is 17.1. The van der Waals surface area contributed by atoms with E-state index in [1.165, 1.54) is 0 Å². The Hall–Kier alpha value is -2.63. The van der Waals surface area contributed by atoms with E-state index in [-0.39, 0.29) is 17.7 Å². The zero-order valence-corrected chi connectivity index (χ0v) is 14.0. The van der Waals surface area contributed by atoms with Gasteiger partial charge in [0.1, 0.15) is 0 Å². The monoisotopic (exact) mass is 326 g/mol. The van der Waals surface area contributed by atoms with Crippen molar-refractivity contribution in [3.05, 3.63) is 47.3 Å². The van der Waals surface area contributed by atoms with Gasteiger partial charge in [0.05, 0.1) is 11.4 Å². The van der Waals surface area contributed by atoms with E-state index in [1.807, 2.05) is 36.7 Å². The van der Waals surface area contributed by atoms with Gasteiger partial charge in [-0.2, -0.15) is 5.10 Å². The summed E-state index contributed by atoms with van der Waals surface area (Å²) >= 11 is 0. The summed E-state index contributed by atoms with van der Waals surface area (Å²) in [4.78, 5) is 23.6. The number of aromatic nitrogens is 2. The Labute approximate surface area is 141 Å². The van der Waals surface area contributed by atoms with E-state index in [1.54, 1.807) is 12.1 Å². The molecule has 6 heteroatoms. The molecule has 24 heavy (non-hydrogen) atoms. The average Bonchev–Trinajstić information content (AvgIpc) is 3.36. The highest BCUT2D eigenvalue weighted by Crippen LogP contribution is 2.28. The van der Waals surface area contributed by atoms with E-state index in [4.69, 9.17) is 0 Å². The lowest BCUT2D eigenvalue weighted by Crippen LogP contribution is -2.35. The van der Waals surface area contributed by atoms with Crippen molar-refractivity contribution in [3.63, 3.8) is 0 Å². The van der Waals surface area contributed by atoms with Crippen molar-refractivity contribution in [2.24, 2.45) is 5.92 Å². The molecule has 2 aromatic rings. The van der Waals surface area contributed by atoms with E-state index < -0.39 is 0 Å². The van der Waals surface area contributed by atoms with E-state index in [2.05, 4.69) is 15.7 Å². The molecule has 1 aliphatic rings. The lowest BCUT2D eigenvalue weighted by Gasteiger charge is -2.08. The highest BCUT2D eigenvalue weighted by molar-refractivity contribution is 5.94. The standard InChI is InChI=1S/C18H22N4O2/c1-12-11-13(2)22(21-12)16-7-5-15(6-8-16)18(24)20-10-9-19-17(23)14-3-4-14/h5-8,11,14H,3-4,9-10H2,1-2H3,(H,19,23)(H,20,24). The van der Waals surface area contributed by atoms with Gasteiger partial charge in [0.25, 0.3) is 5.91 Å². The van der Waals surface area contributed by atoms with Crippen molar-refractivity contribution < 1.29 is 9.59 Å². The summed E-state index contributed by atoms with van der Waals surface area (Å²) in [7, 11) is 0. The minimum atomic E-state index is -0.143. The number of hydrogen-bond donors (Lipinski definition) is 2. The van der Waals surface area contributed by atoms with Crippen molar-refractivity contribution in [1.29, 1.82) is 0 Å². The van der Waals surface area contributed by atoms with Crippen LogP contribution in [0.15, 0.2) is 30.3 Å². The van der Waals surface area contributed by atoms with Crippen molar-refractivity contribution >= 4 is 11.8 Å². The van der Waals surface area contributed by atoms with Crippen molar-refractivity contribution in [2.75, 3.05) is 13.1 Å². The summed E-state index contributed by atoms with van der Waals surface area (Å²) < 4.78 is 1.85. The molecule has 0 spiro atoms. The number of hydrogen-bond acceptors (Lipinski definition) is 3. The van der Waals surface area contributed by atoms with Crippen LogP contribution in [0.1, 0.15) is 34.6 Å². The fourth-order valence-electron chi connectivity index (χ4n) is 2.60. The van der Waals surface area contributed by atoms with Gasteiger partial charge in [-0.15, -0.1) is 0 Å². The molecule has 0 aliphatic heterocycles. The Morgan fingerprint density at radius 1 is 1.12 bits per heavy atom. The maximum atomic E-state index is 12.1. The molecule has 0 unspecified atom stereocenters. The second-order valence-corrected chi connectivity index (χ2v) is 6.21. The summed E-state index contributed by atoms with van der Waals surface area (Å²) in [5.74, 6) is 0.150. The molecule has 1 aromatic heterocycles. The molecule has 1 fully saturated rings. The van der Waals surface area contributed by atoms with Crippen LogP contribution in [-0.2, 0) is 4.79 Å². The molecule has 2 amide bonds. The van der Waals surface area contributed by atoms with Crippen molar-refractivity contribution in [3.8, 4) is 5.69 Å². The van der Waals surface area contributed by atoms with Crippen molar-refractivity contribution in [1.82, 2.24) is 20.4 Å². The third-order valence-corrected chi connectivity index (χ3v) is 4.04. The zero-order valence-electron chi connectivity index (χ0n) is 14.0. The van der Waals surface area contributed by atoms with E-state index >= 15 is 0 Å². The molecule has 1 saturated carbocycles. The Morgan fingerprint density at radius 2 is 1.79 bits per heavy atom. The van der Waals surface area contributed by atoms with Gasteiger partial charge < -0.3 is 10.6 Å². The Bertz CT molecular complexity index is 745. The third kappa shape index (κ3) is 3.82. The molecule has 1 aliphatic carbocycles. The lowest BCUT2D eigenvalue weighted by atomic mass is 10.2. The summed E-state index contributed by atoms with van der Waals surface area (Å²) in [6.45, 7) is 4.84. The molecule has 126 valence electrons. The first-order chi connectivity index (χ1) is 11.5. The van der Waals surface area contributed by atoms with Crippen LogP contribution in [0.3, 0.4) is 0 Å². The van der Waals surface area contributed by atoms with Crippen molar-refractivity contribution in [2.45, 2.75) is 26.7 Å². The molecule has 3 rings (SSSR count). The van der Waals surface area contributed by atoms with Gasteiger partial charge in [-0.05, 0) is 57.0 Å². The molecular formula is C18H22N4O2. The van der Waals surface area contributed by atoms with Crippen LogP contribution in [0.2, 0.25) is 0 Å². The van der Waals surface area contributed by atoms with E-state index in [0.29, 0.717) is 18.7 Å². The second-order valence-electron chi connectivity index (χ2n) is 6.21. The molecule has 1 aromatic carbocycles. The van der Waals surface area contributed by atoms with Gasteiger partial charge in [0.15, 0.2) is 0 Å². The van der Waals surface area contributed by atoms with Gasteiger partial charge in [0.2, 0.25) is 5.91 Å². The van der Waals surface area contributed by atoms with Gasteiger partial charge in [-0.1, -0.05) is 0 Å². The van der Waals surface area contributed by atoms with Crippen LogP contribution in [0, 0.1) is 19.8 Å². The van der Waals surface area contributed by atoms with E-state index in [9.17, 15) is 9.59 Å². The molecule has 0 atom stereocenters. The number of nitrogens with one attached hydrogen (secondary N) is 2. The number of carbonyl (C=O) groups is 2. The topological polar surface area (TPSA) is 76.0 Å². The Kier molecular flexibility index (Phi) is 4.64. The average molecular weight is 326 g/mol. The second kappa shape index (κ2) is 6.86. The highest BCUT2D eigenvalue weighted by Gasteiger charge is 2.28. The van der Waals surface area contributed by atoms with Gasteiger partial charge in [0, 0.05) is 30.3 Å². The predicted molar refractivity (Wildman–Crippen MR) is 91.1 cm³/mol. The van der Waals surface area contributed by atoms with Crippen LogP contribution in [0.25, 0.3) is 5.69 Å². The summed E-state index contributed by atoms with van der Waals surface area (Å²) in [5.41, 5.74) is 3.53. The van der Waals surface area contributed by atoms with Gasteiger partial charge in [-0.3, -0.25) is 9.59 Å². The molecule has 2 N–H and O–H groups in total. The Morgan fingerprint density at radius 3 is 2.38 bits per heavy atom. The first-order valence-electron chi connectivity index (χ1n) is 8.24. The van der Waals surface area contributed by atoms with Gasteiger partial charge >= 0.3 is 0 Å². The van der Waals surface area contributed by atoms with E-state index in [0.717, 1.165) is 29.9 Å². The summed E-state index contributed by atoms with van der Waals surface area (Å²) in [6.07, 6.45) is 1.97. The van der Waals surface area contributed by atoms with Crippen LogP contribution in [-0.4, -0.2) is 34.7 Å². The first kappa shape index (κ1) is 16.2. The number of carbonyl (C=O) groups excluding carboxylic acids is 2. The summed E-state index contributed by atoms with van der Waals surface area (Å²) in [6, 6.07) is 9.33. The Balaban J connectivity index is 1.52. The number of amides is 2. The van der Waals surface area contributed by atoms with Crippen LogP contribution in [0.4, 0.5) is 0 Å². The largest absolute Gasteiger partial charge is 0.354 e. The van der Waals surface area contributed by atoms with Crippen LogP contribution < -0.4 is 10.6 Å². The lowest BCUT2D eigenvalue weighted by molar-refractivity contribution is -0.122.